The van der Waals surface area contributed by atoms with E-state index in [-0.39, 0.29) is 0 Å². The van der Waals surface area contributed by atoms with Gasteiger partial charge in [-0.2, -0.15) is 0 Å². The minimum absolute atomic E-state index is 0.328. The van der Waals surface area contributed by atoms with Gasteiger partial charge in [0.2, 0.25) is 0 Å². The summed E-state index contributed by atoms with van der Waals surface area (Å²) in [6, 6.07) is 0. The van der Waals surface area contributed by atoms with Crippen LogP contribution in [0, 0.1) is 0 Å². The standard InChI is InChI=1S/C8H15ClNO/c9-5-8-6-10(7-11-8)3-1-2-4-10/h8H,1-7H2/q+1. The van der Waals surface area contributed by atoms with E-state index in [1.807, 2.05) is 0 Å². The number of halogens is 1. The Hall–Kier alpha value is 0.210. The van der Waals surface area contributed by atoms with Crippen molar-refractivity contribution in [1.29, 1.82) is 0 Å². The van der Waals surface area contributed by atoms with Crippen molar-refractivity contribution in [3.63, 3.8) is 0 Å². The molecule has 2 saturated heterocycles. The first-order valence-electron chi connectivity index (χ1n) is 4.37. The van der Waals surface area contributed by atoms with Gasteiger partial charge in [0.15, 0.2) is 6.73 Å². The van der Waals surface area contributed by atoms with Gasteiger partial charge in [0.05, 0.1) is 19.0 Å². The summed E-state index contributed by atoms with van der Waals surface area (Å²) in [6.45, 7) is 4.70. The van der Waals surface area contributed by atoms with Crippen LogP contribution in [0.15, 0.2) is 0 Å². The van der Waals surface area contributed by atoms with Crippen molar-refractivity contribution >= 4 is 11.6 Å². The molecule has 0 saturated carbocycles. The second kappa shape index (κ2) is 2.92. The summed E-state index contributed by atoms with van der Waals surface area (Å²) in [5, 5.41) is 0. The van der Waals surface area contributed by atoms with Crippen molar-refractivity contribution in [2.24, 2.45) is 0 Å². The van der Waals surface area contributed by atoms with Crippen molar-refractivity contribution in [3.05, 3.63) is 0 Å². The fourth-order valence-electron chi connectivity index (χ4n) is 2.21. The summed E-state index contributed by atoms with van der Waals surface area (Å²) in [7, 11) is 0. The Morgan fingerprint density at radius 3 is 2.64 bits per heavy atom. The first kappa shape index (κ1) is 7.84. The number of nitrogens with zero attached hydrogens (tertiary/aromatic N) is 1. The zero-order chi connectivity index (χ0) is 7.73. The van der Waals surface area contributed by atoms with Gasteiger partial charge in [0.1, 0.15) is 12.6 Å². The van der Waals surface area contributed by atoms with Gasteiger partial charge in [0.25, 0.3) is 0 Å². The van der Waals surface area contributed by atoms with Crippen LogP contribution >= 0.6 is 11.6 Å². The predicted molar refractivity (Wildman–Crippen MR) is 44.6 cm³/mol. The van der Waals surface area contributed by atoms with Crippen LogP contribution < -0.4 is 0 Å². The molecule has 2 fully saturated rings. The topological polar surface area (TPSA) is 9.23 Å². The van der Waals surface area contributed by atoms with E-state index in [1.54, 1.807) is 0 Å². The van der Waals surface area contributed by atoms with Crippen LogP contribution in [0.2, 0.25) is 0 Å². The van der Waals surface area contributed by atoms with E-state index in [9.17, 15) is 0 Å². The molecule has 0 bridgehead atoms. The average Bonchev–Trinajstić information content (AvgIpc) is 2.62. The maximum absolute atomic E-state index is 5.73. The zero-order valence-electron chi connectivity index (χ0n) is 6.76. The number of hydrogen-bond donors (Lipinski definition) is 0. The third kappa shape index (κ3) is 1.40. The Labute approximate surface area is 72.7 Å². The molecular formula is C8H15ClNO+. The van der Waals surface area contributed by atoms with Gasteiger partial charge in [0, 0.05) is 12.8 Å². The van der Waals surface area contributed by atoms with Crippen LogP contribution in [-0.2, 0) is 4.74 Å². The quantitative estimate of drug-likeness (QED) is 0.431. The Morgan fingerprint density at radius 2 is 2.09 bits per heavy atom. The van der Waals surface area contributed by atoms with Crippen LogP contribution in [0.3, 0.4) is 0 Å². The molecule has 2 nitrogen and oxygen atoms in total. The van der Waals surface area contributed by atoms with Crippen molar-refractivity contribution in [1.82, 2.24) is 0 Å². The van der Waals surface area contributed by atoms with E-state index >= 15 is 0 Å². The summed E-state index contributed by atoms with van der Waals surface area (Å²) in [4.78, 5) is 0. The highest BCUT2D eigenvalue weighted by Crippen LogP contribution is 2.26. The molecular weight excluding hydrogens is 162 g/mol. The second-order valence-corrected chi connectivity index (χ2v) is 4.06. The number of quaternary nitrogens is 1. The van der Waals surface area contributed by atoms with Gasteiger partial charge in [-0.3, -0.25) is 4.48 Å². The molecule has 0 aromatic rings. The lowest BCUT2D eigenvalue weighted by Gasteiger charge is -2.26. The predicted octanol–water partition coefficient (Wildman–Crippen LogP) is 1.19. The van der Waals surface area contributed by atoms with Gasteiger partial charge in [-0.25, -0.2) is 0 Å². The molecule has 64 valence electrons. The molecule has 0 N–H and O–H groups in total. The Bertz CT molecular complexity index is 145. The highest BCUT2D eigenvalue weighted by molar-refractivity contribution is 6.18. The summed E-state index contributed by atoms with van der Waals surface area (Å²) in [5.41, 5.74) is 0. The van der Waals surface area contributed by atoms with Crippen molar-refractivity contribution in [2.75, 3.05) is 32.2 Å². The third-order valence-corrected chi connectivity index (χ3v) is 3.21. The molecule has 0 aliphatic carbocycles. The molecule has 11 heavy (non-hydrogen) atoms. The summed E-state index contributed by atoms with van der Waals surface area (Å²) in [5.74, 6) is 0.667. The van der Waals surface area contributed by atoms with Gasteiger partial charge >= 0.3 is 0 Å². The molecule has 2 heterocycles. The molecule has 0 aromatic heterocycles. The van der Waals surface area contributed by atoms with E-state index < -0.39 is 0 Å². The molecule has 1 atom stereocenters. The normalized spacial score (nSPS) is 35.2. The molecule has 0 aromatic carbocycles. The van der Waals surface area contributed by atoms with Crippen molar-refractivity contribution in [3.8, 4) is 0 Å². The van der Waals surface area contributed by atoms with Crippen LogP contribution in [0.4, 0.5) is 0 Å². The van der Waals surface area contributed by atoms with Gasteiger partial charge in [-0.15, -0.1) is 11.6 Å². The highest BCUT2D eigenvalue weighted by Gasteiger charge is 2.40. The zero-order valence-corrected chi connectivity index (χ0v) is 7.52. The summed E-state index contributed by atoms with van der Waals surface area (Å²) >= 11 is 5.73. The molecule has 0 radical (unpaired) electrons. The van der Waals surface area contributed by atoms with E-state index in [0.29, 0.717) is 12.0 Å². The van der Waals surface area contributed by atoms with Crippen LogP contribution in [0.1, 0.15) is 12.8 Å². The fourth-order valence-corrected chi connectivity index (χ4v) is 2.40. The van der Waals surface area contributed by atoms with Crippen molar-refractivity contribution < 1.29 is 9.22 Å². The van der Waals surface area contributed by atoms with Gasteiger partial charge < -0.3 is 4.74 Å². The molecule has 2 rings (SSSR count). The molecule has 0 amide bonds. The second-order valence-electron chi connectivity index (χ2n) is 3.75. The van der Waals surface area contributed by atoms with Crippen LogP contribution in [0.25, 0.3) is 0 Å². The summed E-state index contributed by atoms with van der Waals surface area (Å²) < 4.78 is 6.77. The maximum Gasteiger partial charge on any atom is 0.183 e. The van der Waals surface area contributed by atoms with Crippen molar-refractivity contribution in [2.45, 2.75) is 18.9 Å². The van der Waals surface area contributed by atoms with Crippen LogP contribution in [0.5, 0.6) is 0 Å². The SMILES string of the molecule is ClCC1C[N+]2(CCCC2)CO1. The molecule has 2 aliphatic heterocycles. The van der Waals surface area contributed by atoms with Gasteiger partial charge in [-0.1, -0.05) is 0 Å². The largest absolute Gasteiger partial charge is 0.321 e. The van der Waals surface area contributed by atoms with E-state index in [1.165, 1.54) is 30.4 Å². The molecule has 1 spiro atoms. The van der Waals surface area contributed by atoms with E-state index in [2.05, 4.69) is 0 Å². The van der Waals surface area contributed by atoms with E-state index in [4.69, 9.17) is 16.3 Å². The minimum Gasteiger partial charge on any atom is -0.321 e. The number of alkyl halides is 1. The molecule has 2 aliphatic rings. The number of hydrogen-bond acceptors (Lipinski definition) is 1. The Balaban J connectivity index is 1.96. The van der Waals surface area contributed by atoms with E-state index in [0.717, 1.165) is 13.3 Å². The summed E-state index contributed by atoms with van der Waals surface area (Å²) in [6.07, 6.45) is 3.08. The molecule has 3 heteroatoms. The monoisotopic (exact) mass is 176 g/mol. The fraction of sp³-hybridized carbons (Fsp3) is 1.00. The first-order valence-corrected chi connectivity index (χ1v) is 4.91. The maximum atomic E-state index is 5.73. The van der Waals surface area contributed by atoms with Crippen LogP contribution in [-0.4, -0.2) is 42.8 Å². The number of rotatable bonds is 1. The first-order chi connectivity index (χ1) is 5.35. The lowest BCUT2D eigenvalue weighted by atomic mass is 10.3. The highest BCUT2D eigenvalue weighted by atomic mass is 35.5. The minimum atomic E-state index is 0.328. The Morgan fingerprint density at radius 1 is 1.36 bits per heavy atom. The Kier molecular flexibility index (Phi) is 2.08. The molecule has 1 unspecified atom stereocenters. The van der Waals surface area contributed by atoms with Gasteiger partial charge in [-0.05, 0) is 0 Å². The number of ether oxygens (including phenoxy) is 1. The lowest BCUT2D eigenvalue weighted by molar-refractivity contribution is -0.914. The third-order valence-electron chi connectivity index (χ3n) is 2.86. The smallest absolute Gasteiger partial charge is 0.183 e. The lowest BCUT2D eigenvalue weighted by Crippen LogP contribution is -2.43. The average molecular weight is 177 g/mol.